The minimum atomic E-state index is -0.458. The number of fused-ring (bicyclic) bond motifs is 1. The number of para-hydroxylation sites is 1. The summed E-state index contributed by atoms with van der Waals surface area (Å²) in [7, 11) is 1.32. The number of methoxy groups -OCH3 is 1. The predicted molar refractivity (Wildman–Crippen MR) is 80.5 cm³/mol. The van der Waals surface area contributed by atoms with Gasteiger partial charge >= 0.3 is 5.97 Å². The monoisotopic (exact) mass is 348 g/mol. The van der Waals surface area contributed by atoms with Gasteiger partial charge < -0.3 is 9.72 Å². The number of nitrogens with zero attached hydrogens (tertiary/aromatic N) is 1. The summed E-state index contributed by atoms with van der Waals surface area (Å²) in [5, 5.41) is 0. The normalized spacial score (nSPS) is 10.8. The maximum Gasteiger partial charge on any atom is 0.340 e. The van der Waals surface area contributed by atoms with Gasteiger partial charge in [-0.15, -0.1) is 0 Å². The number of esters is 1. The molecule has 2 aromatic carbocycles. The first-order valence-corrected chi connectivity index (χ1v) is 6.92. The number of halogens is 2. The summed E-state index contributed by atoms with van der Waals surface area (Å²) >= 11 is 3.11. The molecule has 3 rings (SSSR count). The van der Waals surface area contributed by atoms with Crippen LogP contribution in [0.5, 0.6) is 0 Å². The Labute approximate surface area is 128 Å². The lowest BCUT2D eigenvalue weighted by molar-refractivity contribution is 0.0603. The van der Waals surface area contributed by atoms with Crippen molar-refractivity contribution in [2.24, 2.45) is 0 Å². The van der Waals surface area contributed by atoms with Crippen molar-refractivity contribution in [3.8, 4) is 11.4 Å². The summed E-state index contributed by atoms with van der Waals surface area (Å²) in [6.45, 7) is 0. The van der Waals surface area contributed by atoms with Gasteiger partial charge in [0.2, 0.25) is 0 Å². The molecule has 4 nitrogen and oxygen atoms in total. The van der Waals surface area contributed by atoms with Crippen LogP contribution in [-0.2, 0) is 4.74 Å². The second-order valence-electron chi connectivity index (χ2n) is 4.41. The summed E-state index contributed by atoms with van der Waals surface area (Å²) in [5.74, 6) is -0.338. The first kappa shape index (κ1) is 13.8. The SMILES string of the molecule is COC(=O)c1cccc2[nH]c(-c3ccc(Br)c(F)c3)nc12. The van der Waals surface area contributed by atoms with Crippen LogP contribution in [0.4, 0.5) is 4.39 Å². The molecule has 0 amide bonds. The summed E-state index contributed by atoms with van der Waals surface area (Å²) in [6.07, 6.45) is 0. The maximum atomic E-state index is 13.6. The van der Waals surface area contributed by atoms with E-state index in [4.69, 9.17) is 4.74 Å². The van der Waals surface area contributed by atoms with Crippen LogP contribution in [0, 0.1) is 5.82 Å². The van der Waals surface area contributed by atoms with Crippen molar-refractivity contribution < 1.29 is 13.9 Å². The lowest BCUT2D eigenvalue weighted by Crippen LogP contribution is -2.01. The minimum Gasteiger partial charge on any atom is -0.465 e. The molecule has 0 atom stereocenters. The molecule has 0 fully saturated rings. The molecule has 3 aromatic rings. The molecule has 106 valence electrons. The van der Waals surface area contributed by atoms with Crippen LogP contribution >= 0.6 is 15.9 Å². The Morgan fingerprint density at radius 1 is 1.33 bits per heavy atom. The number of nitrogens with one attached hydrogen (secondary N) is 1. The number of carbonyl (C=O) groups is 1. The van der Waals surface area contributed by atoms with Gasteiger partial charge in [-0.2, -0.15) is 0 Å². The zero-order valence-corrected chi connectivity index (χ0v) is 12.6. The predicted octanol–water partition coefficient (Wildman–Crippen LogP) is 3.92. The van der Waals surface area contributed by atoms with E-state index < -0.39 is 5.97 Å². The van der Waals surface area contributed by atoms with Crippen molar-refractivity contribution in [2.45, 2.75) is 0 Å². The van der Waals surface area contributed by atoms with E-state index in [9.17, 15) is 9.18 Å². The highest BCUT2D eigenvalue weighted by atomic mass is 79.9. The van der Waals surface area contributed by atoms with Crippen molar-refractivity contribution in [1.82, 2.24) is 9.97 Å². The Bertz CT molecular complexity index is 845. The molecule has 0 unspecified atom stereocenters. The number of hydrogen-bond donors (Lipinski definition) is 1. The third-order valence-electron chi connectivity index (χ3n) is 3.11. The lowest BCUT2D eigenvalue weighted by Gasteiger charge is -1.99. The Morgan fingerprint density at radius 3 is 2.86 bits per heavy atom. The summed E-state index contributed by atoms with van der Waals surface area (Å²) in [6, 6.07) is 9.90. The summed E-state index contributed by atoms with van der Waals surface area (Å²) < 4.78 is 18.7. The van der Waals surface area contributed by atoms with E-state index in [0.29, 0.717) is 32.5 Å². The van der Waals surface area contributed by atoms with Crippen LogP contribution in [0.2, 0.25) is 0 Å². The van der Waals surface area contributed by atoms with E-state index >= 15 is 0 Å². The Balaban J connectivity index is 2.17. The van der Waals surface area contributed by atoms with E-state index in [1.54, 1.807) is 30.3 Å². The van der Waals surface area contributed by atoms with E-state index in [1.165, 1.54) is 13.2 Å². The molecular weight excluding hydrogens is 339 g/mol. The van der Waals surface area contributed by atoms with Crippen molar-refractivity contribution in [2.75, 3.05) is 7.11 Å². The number of H-pyrrole nitrogens is 1. The largest absolute Gasteiger partial charge is 0.465 e. The summed E-state index contributed by atoms with van der Waals surface area (Å²) in [5.41, 5.74) is 2.16. The molecule has 0 aliphatic carbocycles. The third kappa shape index (κ3) is 2.42. The highest BCUT2D eigenvalue weighted by molar-refractivity contribution is 9.10. The molecule has 0 aliphatic rings. The molecule has 0 aliphatic heterocycles. The molecule has 0 bridgehead atoms. The third-order valence-corrected chi connectivity index (χ3v) is 3.75. The van der Waals surface area contributed by atoms with Crippen LogP contribution in [0.1, 0.15) is 10.4 Å². The quantitative estimate of drug-likeness (QED) is 0.714. The number of rotatable bonds is 2. The van der Waals surface area contributed by atoms with Gasteiger partial charge in [-0.05, 0) is 46.3 Å². The zero-order chi connectivity index (χ0) is 15.0. The number of imidazole rings is 1. The van der Waals surface area contributed by atoms with Crippen LogP contribution in [0.25, 0.3) is 22.4 Å². The van der Waals surface area contributed by atoms with Crippen molar-refractivity contribution in [1.29, 1.82) is 0 Å². The second kappa shape index (κ2) is 5.29. The Hall–Kier alpha value is -2.21. The number of benzene rings is 2. The molecule has 21 heavy (non-hydrogen) atoms. The maximum absolute atomic E-state index is 13.6. The standard InChI is InChI=1S/C15H10BrFN2O2/c1-21-15(20)9-3-2-4-12-13(9)19-14(18-12)8-5-6-10(16)11(17)7-8/h2-7H,1H3,(H,18,19). The summed E-state index contributed by atoms with van der Waals surface area (Å²) in [4.78, 5) is 19.2. The van der Waals surface area contributed by atoms with Gasteiger partial charge in [-0.3, -0.25) is 0 Å². The van der Waals surface area contributed by atoms with E-state index in [0.717, 1.165) is 0 Å². The molecule has 0 saturated carbocycles. The first-order chi connectivity index (χ1) is 10.1. The van der Waals surface area contributed by atoms with E-state index in [-0.39, 0.29) is 5.82 Å². The van der Waals surface area contributed by atoms with Gasteiger partial charge in [0.25, 0.3) is 0 Å². The van der Waals surface area contributed by atoms with Crippen LogP contribution in [0.15, 0.2) is 40.9 Å². The average Bonchev–Trinajstić information content (AvgIpc) is 2.93. The average molecular weight is 349 g/mol. The Morgan fingerprint density at radius 2 is 2.14 bits per heavy atom. The van der Waals surface area contributed by atoms with Gasteiger partial charge in [-0.1, -0.05) is 6.07 Å². The highest BCUT2D eigenvalue weighted by Gasteiger charge is 2.15. The first-order valence-electron chi connectivity index (χ1n) is 6.12. The molecule has 1 N–H and O–H groups in total. The number of aromatic nitrogens is 2. The van der Waals surface area contributed by atoms with E-state index in [1.807, 2.05) is 0 Å². The van der Waals surface area contributed by atoms with Crippen LogP contribution in [-0.4, -0.2) is 23.0 Å². The number of hydrogen-bond acceptors (Lipinski definition) is 3. The zero-order valence-electron chi connectivity index (χ0n) is 11.0. The molecule has 1 aromatic heterocycles. The second-order valence-corrected chi connectivity index (χ2v) is 5.26. The fraction of sp³-hybridized carbons (Fsp3) is 0.0667. The number of aromatic amines is 1. The van der Waals surface area contributed by atoms with Crippen LogP contribution in [0.3, 0.4) is 0 Å². The fourth-order valence-corrected chi connectivity index (χ4v) is 2.33. The van der Waals surface area contributed by atoms with Crippen molar-refractivity contribution in [3.05, 3.63) is 52.3 Å². The number of ether oxygens (including phenoxy) is 1. The Kier molecular flexibility index (Phi) is 3.47. The van der Waals surface area contributed by atoms with Gasteiger partial charge in [-0.25, -0.2) is 14.2 Å². The molecule has 0 radical (unpaired) electrons. The smallest absolute Gasteiger partial charge is 0.340 e. The van der Waals surface area contributed by atoms with Crippen LogP contribution < -0.4 is 0 Å². The molecule has 0 spiro atoms. The van der Waals surface area contributed by atoms with Gasteiger partial charge in [0.05, 0.1) is 22.7 Å². The van der Waals surface area contributed by atoms with E-state index in [2.05, 4.69) is 25.9 Å². The molecule has 6 heteroatoms. The minimum absolute atomic E-state index is 0.370. The van der Waals surface area contributed by atoms with Gasteiger partial charge in [0.1, 0.15) is 17.2 Å². The van der Waals surface area contributed by atoms with Gasteiger partial charge in [0.15, 0.2) is 0 Å². The lowest BCUT2D eigenvalue weighted by atomic mass is 10.2. The van der Waals surface area contributed by atoms with Gasteiger partial charge in [0, 0.05) is 5.56 Å². The molecule has 0 saturated heterocycles. The number of carbonyl (C=O) groups excluding carboxylic acids is 1. The topological polar surface area (TPSA) is 55.0 Å². The highest BCUT2D eigenvalue weighted by Crippen LogP contribution is 2.26. The molecular formula is C15H10BrFN2O2. The molecule has 1 heterocycles. The van der Waals surface area contributed by atoms with Crippen molar-refractivity contribution >= 4 is 32.9 Å². The fourth-order valence-electron chi connectivity index (χ4n) is 2.09. The van der Waals surface area contributed by atoms with Crippen molar-refractivity contribution in [3.63, 3.8) is 0 Å².